The minimum absolute atomic E-state index is 0.00529. The van der Waals surface area contributed by atoms with Crippen molar-refractivity contribution in [3.8, 4) is 0 Å². The van der Waals surface area contributed by atoms with E-state index in [0.717, 1.165) is 18.9 Å². The minimum atomic E-state index is -3.67. The van der Waals surface area contributed by atoms with E-state index in [-0.39, 0.29) is 53.1 Å². The van der Waals surface area contributed by atoms with Crippen LogP contribution in [0.15, 0.2) is 35.4 Å². The molecule has 2 fully saturated rings. The van der Waals surface area contributed by atoms with Crippen molar-refractivity contribution >= 4 is 15.7 Å². The van der Waals surface area contributed by atoms with Crippen LogP contribution in [0.4, 0.5) is 13.2 Å². The Morgan fingerprint density at radius 2 is 1.76 bits per heavy atom. The van der Waals surface area contributed by atoms with E-state index in [1.807, 2.05) is 0 Å². The number of piperidine rings is 1. The maximum absolute atomic E-state index is 14.0. The number of aryl methyl sites for hydroxylation is 1. The van der Waals surface area contributed by atoms with Gasteiger partial charge in [0.05, 0.1) is 5.75 Å². The molecule has 0 radical (unpaired) electrons. The van der Waals surface area contributed by atoms with Gasteiger partial charge < -0.3 is 10.6 Å². The van der Waals surface area contributed by atoms with Gasteiger partial charge in [0.2, 0.25) is 5.91 Å². The molecule has 2 saturated heterocycles. The molecule has 2 bridgehead atoms. The summed E-state index contributed by atoms with van der Waals surface area (Å²) in [5.74, 6) is -3.69. The molecule has 2 aromatic rings. The summed E-state index contributed by atoms with van der Waals surface area (Å²) in [5.41, 5.74) is 6.96. The van der Waals surface area contributed by atoms with E-state index >= 15 is 0 Å². The van der Waals surface area contributed by atoms with E-state index < -0.39 is 33.3 Å². The van der Waals surface area contributed by atoms with Crippen LogP contribution in [0.25, 0.3) is 0 Å². The molecule has 4 atom stereocenters. The lowest BCUT2D eigenvalue weighted by Crippen LogP contribution is -2.50. The molecule has 3 heterocycles. The molecule has 0 aliphatic carbocycles. The average molecular weight is 496 g/mol. The van der Waals surface area contributed by atoms with Gasteiger partial charge in [-0.2, -0.15) is 0 Å². The van der Waals surface area contributed by atoms with E-state index in [0.29, 0.717) is 24.6 Å². The molecular formula is C24H28F3N3O3S. The number of pyridine rings is 1. The number of benzene rings is 1. The number of hydrogen-bond acceptors (Lipinski definition) is 5. The molecule has 10 heteroatoms. The molecule has 0 spiro atoms. The fraction of sp³-hybridized carbons (Fsp3) is 0.500. The predicted molar refractivity (Wildman–Crippen MR) is 120 cm³/mol. The number of rotatable bonds is 7. The Bertz CT molecular complexity index is 1180. The van der Waals surface area contributed by atoms with Crippen LogP contribution < -0.4 is 5.73 Å². The second kappa shape index (κ2) is 9.65. The molecule has 2 N–H and O–H groups in total. The highest BCUT2D eigenvalue weighted by Gasteiger charge is 2.44. The Labute approximate surface area is 197 Å². The zero-order chi connectivity index (χ0) is 24.6. The lowest BCUT2D eigenvalue weighted by Gasteiger charge is -2.41. The number of fused-ring (bicyclic) bond motifs is 2. The highest BCUT2D eigenvalue weighted by molar-refractivity contribution is 7.91. The molecule has 1 aromatic carbocycles. The van der Waals surface area contributed by atoms with Gasteiger partial charge in [0.15, 0.2) is 26.5 Å². The summed E-state index contributed by atoms with van der Waals surface area (Å²) in [4.78, 5) is 18.8. The number of nitrogens with two attached hydrogens (primary N) is 1. The first-order valence-corrected chi connectivity index (χ1v) is 13.1. The first-order chi connectivity index (χ1) is 16.0. The molecule has 1 amide bonds. The van der Waals surface area contributed by atoms with E-state index in [4.69, 9.17) is 5.73 Å². The van der Waals surface area contributed by atoms with E-state index in [9.17, 15) is 26.4 Å². The van der Waals surface area contributed by atoms with E-state index in [2.05, 4.69) is 4.98 Å². The van der Waals surface area contributed by atoms with Crippen LogP contribution in [0.3, 0.4) is 0 Å². The van der Waals surface area contributed by atoms with Gasteiger partial charge in [0.25, 0.3) is 0 Å². The largest absolute Gasteiger partial charge is 0.337 e. The van der Waals surface area contributed by atoms with Crippen molar-refractivity contribution in [1.29, 1.82) is 0 Å². The smallest absolute Gasteiger partial charge is 0.224 e. The standard InChI is InChI=1S/C24H28F3N3O3S/c1-14-3-2-4-23(29-14)34(32,33)8-7-24(31)30-17-5-6-18(30)10-16(9-17)22(28)12-15-11-20(26)21(27)13-19(15)25/h2-4,11,13,16-18,22H,5-10,12,28H2,1H3/t16?,17-,18+,22-/m1/s1. The van der Waals surface area contributed by atoms with Crippen molar-refractivity contribution in [3.05, 3.63) is 59.0 Å². The molecule has 6 nitrogen and oxygen atoms in total. The van der Waals surface area contributed by atoms with Crippen molar-refractivity contribution in [2.75, 3.05) is 5.75 Å². The highest BCUT2D eigenvalue weighted by Crippen LogP contribution is 2.40. The Balaban J connectivity index is 1.37. The SMILES string of the molecule is Cc1cccc(S(=O)(=O)CCC(=O)N2[C@@H]3CC[C@H]2CC([C@H](N)Cc2cc(F)c(F)cc2F)C3)n1. The number of hydrogen-bond donors (Lipinski definition) is 1. The van der Waals surface area contributed by atoms with Gasteiger partial charge >= 0.3 is 0 Å². The van der Waals surface area contributed by atoms with Crippen LogP contribution in [0.1, 0.15) is 43.4 Å². The zero-order valence-electron chi connectivity index (χ0n) is 18.9. The molecular weight excluding hydrogens is 467 g/mol. The van der Waals surface area contributed by atoms with Crippen molar-refractivity contribution < 1.29 is 26.4 Å². The first kappa shape index (κ1) is 24.7. The fourth-order valence-electron chi connectivity index (χ4n) is 5.26. The maximum atomic E-state index is 14.0. The number of amides is 1. The molecule has 34 heavy (non-hydrogen) atoms. The summed E-state index contributed by atoms with van der Waals surface area (Å²) in [5, 5.41) is -0.0302. The number of halogens is 3. The molecule has 2 aliphatic rings. The Morgan fingerprint density at radius 3 is 2.41 bits per heavy atom. The maximum Gasteiger partial charge on any atom is 0.224 e. The molecule has 184 valence electrons. The third kappa shape index (κ3) is 5.12. The van der Waals surface area contributed by atoms with Crippen LogP contribution in [0.2, 0.25) is 0 Å². The first-order valence-electron chi connectivity index (χ1n) is 11.4. The third-order valence-electron chi connectivity index (χ3n) is 6.97. The van der Waals surface area contributed by atoms with Gasteiger partial charge in [0.1, 0.15) is 5.82 Å². The average Bonchev–Trinajstić information content (AvgIpc) is 3.05. The normalized spacial score (nSPS) is 23.2. The van der Waals surface area contributed by atoms with Crippen molar-refractivity contribution in [3.63, 3.8) is 0 Å². The number of carbonyl (C=O) groups excluding carboxylic acids is 1. The molecule has 2 aliphatic heterocycles. The quantitative estimate of drug-likeness (QED) is 0.595. The van der Waals surface area contributed by atoms with Gasteiger partial charge in [-0.1, -0.05) is 6.07 Å². The van der Waals surface area contributed by atoms with Gasteiger partial charge in [-0.3, -0.25) is 4.79 Å². The summed E-state index contributed by atoms with van der Waals surface area (Å²) in [6.07, 6.45) is 2.77. The number of sulfone groups is 1. The van der Waals surface area contributed by atoms with Crippen LogP contribution in [-0.4, -0.2) is 48.1 Å². The molecule has 1 unspecified atom stereocenters. The summed E-state index contributed by atoms with van der Waals surface area (Å²) in [6, 6.07) is 5.56. The number of aromatic nitrogens is 1. The van der Waals surface area contributed by atoms with Crippen molar-refractivity contribution in [2.24, 2.45) is 11.7 Å². The fourth-order valence-corrected chi connectivity index (χ4v) is 6.48. The third-order valence-corrected chi connectivity index (χ3v) is 8.58. The van der Waals surface area contributed by atoms with Gasteiger partial charge in [-0.05, 0) is 68.7 Å². The van der Waals surface area contributed by atoms with Crippen LogP contribution >= 0.6 is 0 Å². The van der Waals surface area contributed by atoms with Crippen LogP contribution in [-0.2, 0) is 21.1 Å². The zero-order valence-corrected chi connectivity index (χ0v) is 19.7. The second-order valence-corrected chi connectivity index (χ2v) is 11.4. The number of nitrogens with zero attached hydrogens (tertiary/aromatic N) is 2. The summed E-state index contributed by atoms with van der Waals surface area (Å²) < 4.78 is 66.0. The highest BCUT2D eigenvalue weighted by atomic mass is 32.2. The van der Waals surface area contributed by atoms with Crippen LogP contribution in [0.5, 0.6) is 0 Å². The van der Waals surface area contributed by atoms with E-state index in [1.54, 1.807) is 24.0 Å². The lowest BCUT2D eigenvalue weighted by molar-refractivity contribution is -0.136. The van der Waals surface area contributed by atoms with Gasteiger partial charge in [-0.25, -0.2) is 26.6 Å². The summed E-state index contributed by atoms with van der Waals surface area (Å²) in [7, 11) is -3.67. The topological polar surface area (TPSA) is 93.4 Å². The van der Waals surface area contributed by atoms with Crippen molar-refractivity contribution in [1.82, 2.24) is 9.88 Å². The second-order valence-electron chi connectivity index (χ2n) is 9.33. The summed E-state index contributed by atoms with van der Waals surface area (Å²) in [6.45, 7) is 1.71. The Morgan fingerprint density at radius 1 is 1.12 bits per heavy atom. The van der Waals surface area contributed by atoms with Gasteiger partial charge in [-0.15, -0.1) is 0 Å². The van der Waals surface area contributed by atoms with Crippen molar-refractivity contribution in [2.45, 2.75) is 68.6 Å². The monoisotopic (exact) mass is 495 g/mol. The number of carbonyl (C=O) groups is 1. The Hall–Kier alpha value is -2.46. The van der Waals surface area contributed by atoms with E-state index in [1.165, 1.54) is 6.07 Å². The molecule has 4 rings (SSSR count). The van der Waals surface area contributed by atoms with Crippen LogP contribution in [0, 0.1) is 30.3 Å². The molecule has 1 aromatic heterocycles. The molecule has 0 saturated carbocycles. The lowest BCUT2D eigenvalue weighted by atomic mass is 9.82. The minimum Gasteiger partial charge on any atom is -0.337 e. The summed E-state index contributed by atoms with van der Waals surface area (Å²) >= 11 is 0. The van der Waals surface area contributed by atoms with Gasteiger partial charge in [0, 0.05) is 36.3 Å². The predicted octanol–water partition coefficient (Wildman–Crippen LogP) is 3.31. The Kier molecular flexibility index (Phi) is 7.00.